The molecule has 0 unspecified atom stereocenters. The van der Waals surface area contributed by atoms with E-state index >= 15 is 0 Å². The van der Waals surface area contributed by atoms with Crippen LogP contribution in [-0.4, -0.2) is 7.11 Å². The summed E-state index contributed by atoms with van der Waals surface area (Å²) in [5.74, 6) is 0. The predicted molar refractivity (Wildman–Crippen MR) is 46.0 cm³/mol. The first-order valence-electron chi connectivity index (χ1n) is 3.42. The minimum atomic E-state index is 1.13. The lowest BCUT2D eigenvalue weighted by Crippen LogP contribution is -1.66. The Morgan fingerprint density at radius 2 is 2.00 bits per heavy atom. The zero-order chi connectivity index (χ0) is 7.94. The maximum absolute atomic E-state index is 4.70. The van der Waals surface area contributed by atoms with E-state index in [-0.39, 0.29) is 0 Å². The topological polar surface area (TPSA) is 9.23 Å². The van der Waals surface area contributed by atoms with Crippen LogP contribution in [0.5, 0.6) is 0 Å². The molecule has 11 heavy (non-hydrogen) atoms. The maximum atomic E-state index is 4.70. The zero-order valence-electron chi connectivity index (χ0n) is 6.45. The second-order valence-electron chi connectivity index (χ2n) is 2.08. The van der Waals surface area contributed by atoms with E-state index in [0.717, 1.165) is 5.56 Å². The number of benzene rings is 1. The van der Waals surface area contributed by atoms with Crippen molar-refractivity contribution in [1.82, 2.24) is 0 Å². The summed E-state index contributed by atoms with van der Waals surface area (Å²) in [6.45, 7) is 0. The molecule has 0 amide bonds. The van der Waals surface area contributed by atoms with E-state index in [1.807, 2.05) is 36.4 Å². The van der Waals surface area contributed by atoms with E-state index in [9.17, 15) is 0 Å². The molecular weight excluding hydrogens is 136 g/mol. The van der Waals surface area contributed by atoms with Gasteiger partial charge in [-0.2, -0.15) is 0 Å². The molecule has 1 aromatic carbocycles. The Hall–Kier alpha value is -1.46. The molecule has 0 bridgehead atoms. The van der Waals surface area contributed by atoms with Gasteiger partial charge in [0, 0.05) is 0 Å². The van der Waals surface area contributed by atoms with Gasteiger partial charge in [-0.15, -0.1) is 0 Å². The highest BCUT2D eigenvalue weighted by molar-refractivity contribution is 5.47. The molecule has 0 heterocycles. The van der Waals surface area contributed by atoms with Crippen LogP contribution < -0.4 is 0 Å². The van der Waals surface area contributed by atoms with Crippen molar-refractivity contribution in [3.8, 4) is 0 Å². The lowest BCUT2D eigenvalue weighted by Gasteiger charge is -1.86. The van der Waals surface area contributed by atoms with Gasteiger partial charge in [-0.1, -0.05) is 36.1 Å². The molecule has 1 rings (SSSR count). The van der Waals surface area contributed by atoms with Crippen LogP contribution in [0.25, 0.3) is 6.08 Å². The van der Waals surface area contributed by atoms with Gasteiger partial charge in [0.1, 0.15) is 6.26 Å². The van der Waals surface area contributed by atoms with Gasteiger partial charge in [-0.25, -0.2) is 0 Å². The van der Waals surface area contributed by atoms with Crippen molar-refractivity contribution in [2.24, 2.45) is 0 Å². The molecule has 1 aromatic rings. The Morgan fingerprint density at radius 3 is 2.64 bits per heavy atom. The van der Waals surface area contributed by atoms with Gasteiger partial charge >= 0.3 is 0 Å². The number of ether oxygens (including phenoxy) is 1. The second-order valence-corrected chi connectivity index (χ2v) is 2.08. The van der Waals surface area contributed by atoms with E-state index in [4.69, 9.17) is 4.74 Å². The normalized spacial score (nSPS) is 8.09. The smallest absolute Gasteiger partial charge is 0.125 e. The van der Waals surface area contributed by atoms with Crippen molar-refractivity contribution in [3.05, 3.63) is 47.9 Å². The fourth-order valence-electron chi connectivity index (χ4n) is 0.748. The summed E-state index contributed by atoms with van der Waals surface area (Å²) in [6, 6.07) is 9.98. The van der Waals surface area contributed by atoms with Gasteiger partial charge in [-0.3, -0.25) is 0 Å². The molecule has 0 aliphatic rings. The van der Waals surface area contributed by atoms with Gasteiger partial charge in [0.25, 0.3) is 0 Å². The largest absolute Gasteiger partial charge is 0.496 e. The highest BCUT2D eigenvalue weighted by Gasteiger charge is 1.78. The molecule has 0 atom stereocenters. The molecule has 56 valence electrons. The Kier molecular flexibility index (Phi) is 3.04. The summed E-state index contributed by atoms with van der Waals surface area (Å²) >= 11 is 0. The van der Waals surface area contributed by atoms with Crippen molar-refractivity contribution >= 4 is 6.08 Å². The minimum absolute atomic E-state index is 1.13. The van der Waals surface area contributed by atoms with Crippen LogP contribution in [0.3, 0.4) is 0 Å². The van der Waals surface area contributed by atoms with Gasteiger partial charge in [-0.05, 0) is 11.6 Å². The summed E-state index contributed by atoms with van der Waals surface area (Å²) in [6.07, 6.45) is 3.39. The fourth-order valence-corrected chi connectivity index (χ4v) is 0.748. The molecule has 0 spiro atoms. The van der Waals surface area contributed by atoms with Crippen molar-refractivity contribution in [1.29, 1.82) is 0 Å². The van der Waals surface area contributed by atoms with Crippen LogP contribution >= 0.6 is 0 Å². The van der Waals surface area contributed by atoms with E-state index in [2.05, 4.69) is 5.73 Å². The van der Waals surface area contributed by atoms with Crippen LogP contribution in [0.2, 0.25) is 0 Å². The molecule has 0 saturated carbocycles. The van der Waals surface area contributed by atoms with Crippen LogP contribution in [0.1, 0.15) is 5.56 Å². The third-order valence-corrected chi connectivity index (χ3v) is 1.24. The number of hydrogen-bond donors (Lipinski definition) is 0. The number of rotatable bonds is 2. The highest BCUT2D eigenvalue weighted by Crippen LogP contribution is 1.98. The monoisotopic (exact) mass is 146 g/mol. The van der Waals surface area contributed by atoms with E-state index < -0.39 is 0 Å². The maximum Gasteiger partial charge on any atom is 0.125 e. The van der Waals surface area contributed by atoms with Crippen molar-refractivity contribution in [2.45, 2.75) is 0 Å². The Bertz CT molecular complexity index is 255. The van der Waals surface area contributed by atoms with E-state index in [0.29, 0.717) is 0 Å². The predicted octanol–water partition coefficient (Wildman–Crippen LogP) is 2.46. The molecule has 0 aliphatic carbocycles. The average Bonchev–Trinajstić information content (AvgIpc) is 2.07. The van der Waals surface area contributed by atoms with Crippen LogP contribution in [0, 0.1) is 0 Å². The van der Waals surface area contributed by atoms with Gasteiger partial charge in [0.15, 0.2) is 0 Å². The van der Waals surface area contributed by atoms with E-state index in [1.165, 1.54) is 6.26 Å². The molecule has 0 radical (unpaired) electrons. The van der Waals surface area contributed by atoms with Gasteiger partial charge < -0.3 is 4.74 Å². The molecule has 0 fully saturated rings. The summed E-state index contributed by atoms with van der Waals surface area (Å²) in [5, 5.41) is 0. The van der Waals surface area contributed by atoms with E-state index in [1.54, 1.807) is 7.11 Å². The van der Waals surface area contributed by atoms with Crippen LogP contribution in [0.15, 0.2) is 42.3 Å². The molecule has 0 saturated heterocycles. The lowest BCUT2D eigenvalue weighted by atomic mass is 10.2. The average molecular weight is 146 g/mol. The quantitative estimate of drug-likeness (QED) is 0.460. The summed E-state index contributed by atoms with van der Waals surface area (Å²) in [7, 11) is 1.60. The standard InChI is InChI=1S/C10H10O/c1-11-9-5-8-10-6-3-2-4-7-10/h2-4,6-9H,1H3. The number of hydrogen-bond acceptors (Lipinski definition) is 1. The first-order chi connectivity index (χ1) is 5.43. The lowest BCUT2D eigenvalue weighted by molar-refractivity contribution is 0.339. The van der Waals surface area contributed by atoms with Gasteiger partial charge in [0.2, 0.25) is 0 Å². The Morgan fingerprint density at radius 1 is 1.27 bits per heavy atom. The fraction of sp³-hybridized carbons (Fsp3) is 0.100. The summed E-state index contributed by atoms with van der Waals surface area (Å²) in [5.41, 5.74) is 4.00. The zero-order valence-corrected chi connectivity index (χ0v) is 6.45. The van der Waals surface area contributed by atoms with Gasteiger partial charge in [0.05, 0.1) is 7.11 Å². The van der Waals surface area contributed by atoms with Crippen LogP contribution in [0.4, 0.5) is 0 Å². The third-order valence-electron chi connectivity index (χ3n) is 1.24. The summed E-state index contributed by atoms with van der Waals surface area (Å²) in [4.78, 5) is 0. The second kappa shape index (κ2) is 4.37. The molecular formula is C10H10O. The molecule has 1 nitrogen and oxygen atoms in total. The first kappa shape index (κ1) is 7.64. The molecule has 1 heteroatoms. The first-order valence-corrected chi connectivity index (χ1v) is 3.42. The highest BCUT2D eigenvalue weighted by atomic mass is 16.5. The molecule has 0 aliphatic heterocycles. The number of methoxy groups -OCH3 is 1. The third kappa shape index (κ3) is 2.74. The van der Waals surface area contributed by atoms with Crippen molar-refractivity contribution in [2.75, 3.05) is 7.11 Å². The SMILES string of the molecule is COC=C=Cc1ccccc1. The molecule has 0 N–H and O–H groups in total. The van der Waals surface area contributed by atoms with Crippen LogP contribution in [-0.2, 0) is 4.74 Å². The molecule has 0 aromatic heterocycles. The van der Waals surface area contributed by atoms with Crippen molar-refractivity contribution < 1.29 is 4.74 Å². The minimum Gasteiger partial charge on any atom is -0.496 e. The summed E-state index contributed by atoms with van der Waals surface area (Å²) < 4.78 is 4.70. The Balaban J connectivity index is 2.72. The van der Waals surface area contributed by atoms with Crippen molar-refractivity contribution in [3.63, 3.8) is 0 Å². The Labute approximate surface area is 66.6 Å².